The van der Waals surface area contributed by atoms with Gasteiger partial charge in [-0.25, -0.2) is 13.1 Å². The molecule has 2 aliphatic rings. The average Bonchev–Trinajstić information content (AvgIpc) is 3.18. The van der Waals surface area contributed by atoms with Crippen molar-refractivity contribution < 1.29 is 27.5 Å². The fraction of sp³-hybridized carbons (Fsp3) is 0.222. The lowest BCUT2D eigenvalue weighted by atomic mass is 10.2. The molecule has 0 saturated carbocycles. The van der Waals surface area contributed by atoms with Gasteiger partial charge in [-0.2, -0.15) is 0 Å². The molecule has 0 atom stereocenters. The highest BCUT2D eigenvalue weighted by Gasteiger charge is 2.21. The lowest BCUT2D eigenvalue weighted by Gasteiger charge is -2.17. The van der Waals surface area contributed by atoms with Gasteiger partial charge in [-0.1, -0.05) is 6.07 Å². The summed E-state index contributed by atoms with van der Waals surface area (Å²) >= 11 is 1.34. The smallest absolute Gasteiger partial charge is 0.241 e. The highest BCUT2D eigenvalue weighted by Crippen LogP contribution is 2.33. The third-order valence-corrected chi connectivity index (χ3v) is 6.72. The van der Waals surface area contributed by atoms with Crippen LogP contribution in [0.25, 0.3) is 0 Å². The molecular weight excluding hydrogens is 418 g/mol. The second-order valence-electron chi connectivity index (χ2n) is 6.28. The zero-order chi connectivity index (χ0) is 20.4. The number of amides is 2. The summed E-state index contributed by atoms with van der Waals surface area (Å²) < 4.78 is 37.7. The molecule has 0 unspecified atom stereocenters. The van der Waals surface area contributed by atoms with Crippen LogP contribution in [-0.4, -0.2) is 39.3 Å². The van der Waals surface area contributed by atoms with Crippen LogP contribution in [0.15, 0.2) is 46.2 Å². The van der Waals surface area contributed by atoms with Gasteiger partial charge in [0.25, 0.3) is 0 Å². The van der Waals surface area contributed by atoms with Crippen LogP contribution in [0.1, 0.15) is 5.56 Å². The molecule has 2 heterocycles. The fourth-order valence-electron chi connectivity index (χ4n) is 2.79. The van der Waals surface area contributed by atoms with Crippen LogP contribution in [0.3, 0.4) is 0 Å². The van der Waals surface area contributed by atoms with Gasteiger partial charge in [0.05, 0.1) is 22.9 Å². The molecule has 0 aliphatic carbocycles. The van der Waals surface area contributed by atoms with Gasteiger partial charge in [0, 0.05) is 11.4 Å². The van der Waals surface area contributed by atoms with Crippen molar-refractivity contribution in [3.05, 3.63) is 42.0 Å². The maximum Gasteiger partial charge on any atom is 0.241 e. The Bertz CT molecular complexity index is 1090. The number of thioether (sulfide) groups is 1. The number of nitrogens with one attached hydrogen (secondary N) is 3. The third kappa shape index (κ3) is 4.47. The van der Waals surface area contributed by atoms with Gasteiger partial charge in [0.2, 0.25) is 28.6 Å². The van der Waals surface area contributed by atoms with Crippen molar-refractivity contribution in [1.82, 2.24) is 10.0 Å². The van der Waals surface area contributed by atoms with E-state index < -0.39 is 22.5 Å². The monoisotopic (exact) mass is 435 g/mol. The number of carbonyl (C=O) groups is 2. The minimum Gasteiger partial charge on any atom is -0.454 e. The second-order valence-corrected chi connectivity index (χ2v) is 9.07. The third-order valence-electron chi connectivity index (χ3n) is 4.24. The molecule has 2 aliphatic heterocycles. The molecule has 29 heavy (non-hydrogen) atoms. The highest BCUT2D eigenvalue weighted by molar-refractivity contribution is 8.00. The van der Waals surface area contributed by atoms with Crippen LogP contribution in [-0.2, 0) is 26.2 Å². The van der Waals surface area contributed by atoms with Crippen LogP contribution in [0.4, 0.5) is 5.69 Å². The minimum absolute atomic E-state index is 0.0254. The first-order chi connectivity index (χ1) is 13.9. The number of rotatable bonds is 6. The van der Waals surface area contributed by atoms with Crippen molar-refractivity contribution in [1.29, 1.82) is 0 Å². The largest absolute Gasteiger partial charge is 0.454 e. The first kappa shape index (κ1) is 19.6. The molecular formula is C18H17N3O6S2. The molecule has 2 aromatic rings. The normalized spacial score (nSPS) is 14.8. The Hall–Kier alpha value is -2.76. The Morgan fingerprint density at radius 2 is 1.97 bits per heavy atom. The molecule has 0 radical (unpaired) electrons. The average molecular weight is 435 g/mol. The number of ether oxygens (including phenoxy) is 2. The van der Waals surface area contributed by atoms with E-state index in [4.69, 9.17) is 9.47 Å². The molecule has 2 aromatic carbocycles. The molecule has 152 valence electrons. The predicted octanol–water partition coefficient (Wildman–Crippen LogP) is 1.05. The maximum atomic E-state index is 12.5. The zero-order valence-electron chi connectivity index (χ0n) is 15.1. The number of hydrogen-bond acceptors (Lipinski definition) is 7. The van der Waals surface area contributed by atoms with Crippen molar-refractivity contribution in [2.24, 2.45) is 0 Å². The number of carbonyl (C=O) groups excluding carboxylic acids is 2. The topological polar surface area (TPSA) is 123 Å². The fourth-order valence-corrected chi connectivity index (χ4v) is 4.58. The summed E-state index contributed by atoms with van der Waals surface area (Å²) in [7, 11) is -3.91. The van der Waals surface area contributed by atoms with Gasteiger partial charge >= 0.3 is 0 Å². The van der Waals surface area contributed by atoms with Gasteiger partial charge in [0.1, 0.15) is 0 Å². The van der Waals surface area contributed by atoms with Gasteiger partial charge in [-0.05, 0) is 35.9 Å². The standard InChI is InChI=1S/C18H17N3O6S2/c22-17(19-7-11-1-3-14-15(5-11)27-10-26-14)8-20-29(24,25)12-2-4-16-13(6-12)21-18(23)9-28-16/h1-6,20H,7-10H2,(H,19,22)(H,21,23). The van der Waals surface area contributed by atoms with Crippen molar-refractivity contribution >= 4 is 39.3 Å². The van der Waals surface area contributed by atoms with E-state index >= 15 is 0 Å². The van der Waals surface area contributed by atoms with E-state index in [1.165, 1.54) is 23.9 Å². The Labute approximate surface area is 171 Å². The minimum atomic E-state index is -3.91. The summed E-state index contributed by atoms with van der Waals surface area (Å²) in [5.74, 6) is 0.879. The van der Waals surface area contributed by atoms with Gasteiger partial charge in [-0.15, -0.1) is 11.8 Å². The van der Waals surface area contributed by atoms with Crippen LogP contribution >= 0.6 is 11.8 Å². The van der Waals surface area contributed by atoms with Crippen molar-refractivity contribution in [3.63, 3.8) is 0 Å². The molecule has 4 rings (SSSR count). The van der Waals surface area contributed by atoms with Gasteiger partial charge < -0.3 is 20.1 Å². The lowest BCUT2D eigenvalue weighted by Crippen LogP contribution is -2.36. The van der Waals surface area contributed by atoms with Gasteiger partial charge in [0.15, 0.2) is 11.5 Å². The first-order valence-electron chi connectivity index (χ1n) is 8.62. The molecule has 0 aromatic heterocycles. The van der Waals surface area contributed by atoms with Crippen LogP contribution in [0.5, 0.6) is 11.5 Å². The quantitative estimate of drug-likeness (QED) is 0.620. The summed E-state index contributed by atoms with van der Waals surface area (Å²) in [6.07, 6.45) is 0. The molecule has 0 spiro atoms. The summed E-state index contributed by atoms with van der Waals surface area (Å²) in [6.45, 7) is -0.0254. The van der Waals surface area contributed by atoms with E-state index in [9.17, 15) is 18.0 Å². The number of benzene rings is 2. The van der Waals surface area contributed by atoms with Crippen molar-refractivity contribution in [2.45, 2.75) is 16.3 Å². The van der Waals surface area contributed by atoms with Crippen molar-refractivity contribution in [3.8, 4) is 11.5 Å². The molecule has 9 nitrogen and oxygen atoms in total. The van der Waals surface area contributed by atoms with Crippen LogP contribution in [0, 0.1) is 0 Å². The van der Waals surface area contributed by atoms with E-state index in [-0.39, 0.29) is 24.1 Å². The number of anilines is 1. The van der Waals surface area contributed by atoms with E-state index in [1.54, 1.807) is 24.3 Å². The maximum absolute atomic E-state index is 12.5. The molecule has 0 bridgehead atoms. The highest BCUT2D eigenvalue weighted by atomic mass is 32.2. The summed E-state index contributed by atoms with van der Waals surface area (Å²) in [5, 5.41) is 5.29. The van der Waals surface area contributed by atoms with Gasteiger partial charge in [-0.3, -0.25) is 9.59 Å². The Kier molecular flexibility index (Phi) is 5.35. The van der Waals surface area contributed by atoms with E-state index in [0.29, 0.717) is 22.9 Å². The number of fused-ring (bicyclic) bond motifs is 2. The van der Waals surface area contributed by atoms with Crippen LogP contribution < -0.4 is 24.8 Å². The van der Waals surface area contributed by atoms with E-state index in [0.717, 1.165) is 10.5 Å². The summed E-state index contributed by atoms with van der Waals surface area (Å²) in [5.41, 5.74) is 1.25. The number of hydrogen-bond donors (Lipinski definition) is 3. The Morgan fingerprint density at radius 1 is 1.14 bits per heavy atom. The second kappa shape index (κ2) is 7.93. The summed E-state index contributed by atoms with van der Waals surface area (Å²) in [4.78, 5) is 24.3. The van der Waals surface area contributed by atoms with E-state index in [2.05, 4.69) is 15.4 Å². The zero-order valence-corrected chi connectivity index (χ0v) is 16.7. The Morgan fingerprint density at radius 3 is 2.83 bits per heavy atom. The lowest BCUT2D eigenvalue weighted by molar-refractivity contribution is -0.120. The molecule has 2 amide bonds. The summed E-state index contributed by atoms with van der Waals surface area (Å²) in [6, 6.07) is 9.75. The van der Waals surface area contributed by atoms with Crippen molar-refractivity contribution in [2.75, 3.05) is 24.4 Å². The molecule has 0 fully saturated rings. The molecule has 3 N–H and O–H groups in total. The van der Waals surface area contributed by atoms with Crippen LogP contribution in [0.2, 0.25) is 0 Å². The van der Waals surface area contributed by atoms with E-state index in [1.807, 2.05) is 0 Å². The SMILES string of the molecule is O=C(CNS(=O)(=O)c1ccc2c(c1)NC(=O)CS2)NCc1ccc2c(c1)OCO2. The number of sulfonamides is 1. The predicted molar refractivity (Wildman–Crippen MR) is 105 cm³/mol. The molecule has 11 heteroatoms. The molecule has 0 saturated heterocycles. The first-order valence-corrected chi connectivity index (χ1v) is 11.1. The Balaban J connectivity index is 1.33.